The van der Waals surface area contributed by atoms with Gasteiger partial charge in [0.2, 0.25) is 0 Å². The molecule has 2 N–H and O–H groups in total. The first-order valence-corrected chi connectivity index (χ1v) is 7.43. The van der Waals surface area contributed by atoms with E-state index in [0.29, 0.717) is 15.6 Å². The van der Waals surface area contributed by atoms with Crippen molar-refractivity contribution in [1.82, 2.24) is 0 Å². The second-order valence-corrected chi connectivity index (χ2v) is 6.11. The molecule has 6 heteroatoms. The van der Waals surface area contributed by atoms with E-state index in [9.17, 15) is 8.60 Å². The lowest BCUT2D eigenvalue weighted by Gasteiger charge is -2.09. The lowest BCUT2D eigenvalue weighted by atomic mass is 10.2. The van der Waals surface area contributed by atoms with Crippen LogP contribution in [0.5, 0.6) is 0 Å². The van der Waals surface area contributed by atoms with Gasteiger partial charge in [-0.25, -0.2) is 4.39 Å². The molecule has 0 aliphatic rings. The largest absolute Gasteiger partial charge is 0.398 e. The first-order valence-electron chi connectivity index (χ1n) is 5.35. The highest BCUT2D eigenvalue weighted by Gasteiger charge is 2.14. The van der Waals surface area contributed by atoms with Crippen molar-refractivity contribution in [2.45, 2.75) is 10.6 Å². The molecule has 1 unspecified atom stereocenters. The zero-order valence-corrected chi connectivity index (χ0v) is 12.0. The van der Waals surface area contributed by atoms with Gasteiger partial charge in [-0.05, 0) is 30.3 Å². The van der Waals surface area contributed by atoms with E-state index in [1.807, 2.05) is 0 Å². The van der Waals surface area contributed by atoms with Crippen LogP contribution in [-0.4, -0.2) is 4.21 Å². The third kappa shape index (κ3) is 3.26. The van der Waals surface area contributed by atoms with E-state index in [-0.39, 0.29) is 16.3 Å². The third-order valence-electron chi connectivity index (χ3n) is 2.56. The molecule has 2 rings (SSSR count). The van der Waals surface area contributed by atoms with Gasteiger partial charge in [0.1, 0.15) is 5.82 Å². The van der Waals surface area contributed by atoms with Crippen LogP contribution in [0.1, 0.15) is 5.56 Å². The van der Waals surface area contributed by atoms with Crippen LogP contribution in [0.4, 0.5) is 10.1 Å². The Kier molecular flexibility index (Phi) is 4.45. The highest BCUT2D eigenvalue weighted by atomic mass is 35.5. The fourth-order valence-corrected chi connectivity index (χ4v) is 3.58. The summed E-state index contributed by atoms with van der Waals surface area (Å²) < 4.78 is 25.4. The first-order chi connectivity index (χ1) is 8.99. The number of hydrogen-bond donors (Lipinski definition) is 1. The van der Waals surface area contributed by atoms with Crippen molar-refractivity contribution in [3.8, 4) is 0 Å². The van der Waals surface area contributed by atoms with Gasteiger partial charge in [0.15, 0.2) is 0 Å². The predicted molar refractivity (Wildman–Crippen MR) is 77.4 cm³/mol. The van der Waals surface area contributed by atoms with E-state index >= 15 is 0 Å². The van der Waals surface area contributed by atoms with Gasteiger partial charge in [-0.2, -0.15) is 0 Å². The Labute approximate surface area is 122 Å². The van der Waals surface area contributed by atoms with Crippen LogP contribution in [0, 0.1) is 5.82 Å². The summed E-state index contributed by atoms with van der Waals surface area (Å²) in [5, 5.41) is 0.853. The molecule has 0 spiro atoms. The molecule has 0 saturated heterocycles. The van der Waals surface area contributed by atoms with Crippen LogP contribution in [0.25, 0.3) is 0 Å². The van der Waals surface area contributed by atoms with E-state index in [4.69, 9.17) is 28.9 Å². The van der Waals surface area contributed by atoms with Gasteiger partial charge >= 0.3 is 0 Å². The molecule has 0 fully saturated rings. The summed E-state index contributed by atoms with van der Waals surface area (Å²) in [6.07, 6.45) is 0. The van der Waals surface area contributed by atoms with Gasteiger partial charge in [0.25, 0.3) is 0 Å². The van der Waals surface area contributed by atoms with Crippen molar-refractivity contribution in [3.63, 3.8) is 0 Å². The maximum Gasteiger partial charge on any atom is 0.124 e. The number of nitrogens with two attached hydrogens (primary N) is 1. The molecule has 100 valence electrons. The van der Waals surface area contributed by atoms with Crippen LogP contribution >= 0.6 is 23.2 Å². The Morgan fingerprint density at radius 2 is 1.79 bits per heavy atom. The van der Waals surface area contributed by atoms with Crippen molar-refractivity contribution < 1.29 is 8.60 Å². The van der Waals surface area contributed by atoms with Gasteiger partial charge in [-0.1, -0.05) is 29.3 Å². The molecule has 0 amide bonds. The lowest BCUT2D eigenvalue weighted by Crippen LogP contribution is -2.02. The van der Waals surface area contributed by atoms with Crippen LogP contribution in [0.15, 0.2) is 41.3 Å². The molecule has 0 heterocycles. The smallest absolute Gasteiger partial charge is 0.124 e. The zero-order chi connectivity index (χ0) is 14.0. The lowest BCUT2D eigenvalue weighted by molar-refractivity contribution is 0.623. The minimum atomic E-state index is -1.51. The van der Waals surface area contributed by atoms with E-state index in [1.165, 1.54) is 12.1 Å². The van der Waals surface area contributed by atoms with Crippen LogP contribution in [-0.2, 0) is 16.6 Å². The number of rotatable bonds is 3. The van der Waals surface area contributed by atoms with Gasteiger partial charge in [-0.3, -0.25) is 4.21 Å². The quantitative estimate of drug-likeness (QED) is 0.869. The minimum absolute atomic E-state index is 0.0894. The third-order valence-corrected chi connectivity index (χ3v) is 4.66. The van der Waals surface area contributed by atoms with E-state index in [1.54, 1.807) is 18.2 Å². The molecule has 0 saturated carbocycles. The summed E-state index contributed by atoms with van der Waals surface area (Å²) in [7, 11) is -1.51. The van der Waals surface area contributed by atoms with E-state index in [0.717, 1.165) is 6.07 Å². The Morgan fingerprint density at radius 1 is 1.16 bits per heavy atom. The molecular formula is C13H10Cl2FNOS. The van der Waals surface area contributed by atoms with Crippen molar-refractivity contribution in [2.75, 3.05) is 5.73 Å². The van der Waals surface area contributed by atoms with Gasteiger partial charge in [-0.15, -0.1) is 0 Å². The van der Waals surface area contributed by atoms with E-state index in [2.05, 4.69) is 0 Å². The summed E-state index contributed by atoms with van der Waals surface area (Å²) in [4.78, 5) is 0.246. The fourth-order valence-electron chi connectivity index (χ4n) is 1.58. The summed E-state index contributed by atoms with van der Waals surface area (Å²) in [5.74, 6) is -0.394. The van der Waals surface area contributed by atoms with Crippen molar-refractivity contribution >= 4 is 39.7 Å². The topological polar surface area (TPSA) is 43.1 Å². The molecule has 0 aliphatic carbocycles. The number of benzene rings is 2. The van der Waals surface area contributed by atoms with Gasteiger partial charge in [0.05, 0.1) is 21.4 Å². The Balaban J connectivity index is 2.34. The van der Waals surface area contributed by atoms with Crippen LogP contribution in [0.3, 0.4) is 0 Å². The van der Waals surface area contributed by atoms with E-state index < -0.39 is 16.6 Å². The highest BCUT2D eigenvalue weighted by Crippen LogP contribution is 2.28. The SMILES string of the molecule is Nc1ccc(F)cc1S(=O)Cc1c(Cl)cccc1Cl. The number of hydrogen-bond acceptors (Lipinski definition) is 2. The number of anilines is 1. The molecule has 2 aromatic rings. The first kappa shape index (κ1) is 14.3. The monoisotopic (exact) mass is 317 g/mol. The second kappa shape index (κ2) is 5.90. The van der Waals surface area contributed by atoms with Crippen LogP contribution in [0.2, 0.25) is 10.0 Å². The second-order valence-electron chi connectivity index (χ2n) is 3.87. The Hall–Kier alpha value is -1.10. The molecule has 0 aromatic heterocycles. The number of halogens is 3. The molecular weight excluding hydrogens is 308 g/mol. The molecule has 2 nitrogen and oxygen atoms in total. The molecule has 2 aromatic carbocycles. The Bertz CT molecular complexity index is 628. The van der Waals surface area contributed by atoms with Gasteiger partial charge in [0, 0.05) is 21.3 Å². The minimum Gasteiger partial charge on any atom is -0.398 e. The molecule has 1 atom stereocenters. The molecule has 0 bridgehead atoms. The fraction of sp³-hybridized carbons (Fsp3) is 0.0769. The van der Waals surface area contributed by atoms with Crippen molar-refractivity contribution in [3.05, 3.63) is 57.8 Å². The summed E-state index contributed by atoms with van der Waals surface area (Å²) in [6.45, 7) is 0. The zero-order valence-electron chi connectivity index (χ0n) is 9.70. The average Bonchev–Trinajstić information content (AvgIpc) is 2.37. The van der Waals surface area contributed by atoms with Crippen molar-refractivity contribution in [2.24, 2.45) is 0 Å². The maximum absolute atomic E-state index is 13.2. The highest BCUT2D eigenvalue weighted by molar-refractivity contribution is 7.84. The van der Waals surface area contributed by atoms with Crippen LogP contribution < -0.4 is 5.73 Å². The maximum atomic E-state index is 13.2. The molecule has 0 radical (unpaired) electrons. The summed E-state index contributed by atoms with van der Waals surface area (Å²) >= 11 is 12.0. The summed E-state index contributed by atoms with van der Waals surface area (Å²) in [6, 6.07) is 8.79. The van der Waals surface area contributed by atoms with Crippen molar-refractivity contribution in [1.29, 1.82) is 0 Å². The summed E-state index contributed by atoms with van der Waals surface area (Å²) in [5.41, 5.74) is 6.54. The van der Waals surface area contributed by atoms with Gasteiger partial charge < -0.3 is 5.73 Å². The number of nitrogen functional groups attached to an aromatic ring is 1. The average molecular weight is 318 g/mol. The predicted octanol–water partition coefficient (Wildman–Crippen LogP) is 4.02. The normalized spacial score (nSPS) is 12.4. The standard InChI is InChI=1S/C13H10Cl2FNOS/c14-10-2-1-3-11(15)9(10)7-19(18)13-6-8(16)4-5-12(13)17/h1-6H,7,17H2. The molecule has 0 aliphatic heterocycles. The molecule has 19 heavy (non-hydrogen) atoms. The Morgan fingerprint density at radius 3 is 2.42 bits per heavy atom.